The molecule has 0 radical (unpaired) electrons. The van der Waals surface area contributed by atoms with Crippen LogP contribution in [0, 0.1) is 11.7 Å². The van der Waals surface area contributed by atoms with E-state index in [1.54, 1.807) is 22.8 Å². The van der Waals surface area contributed by atoms with Crippen molar-refractivity contribution in [3.05, 3.63) is 70.0 Å². The molecular weight excluding hydrogens is 362 g/mol. The number of aromatic nitrogens is 3. The summed E-state index contributed by atoms with van der Waals surface area (Å²) >= 11 is 5.25. The van der Waals surface area contributed by atoms with Crippen LogP contribution in [0.2, 0.25) is 0 Å². The Morgan fingerprint density at radius 2 is 1.96 bits per heavy atom. The zero-order chi connectivity index (χ0) is 19.4. The Balaban J connectivity index is 1.71. The van der Waals surface area contributed by atoms with Crippen molar-refractivity contribution in [2.24, 2.45) is 5.73 Å². The van der Waals surface area contributed by atoms with Crippen molar-refractivity contribution < 1.29 is 9.59 Å². The van der Waals surface area contributed by atoms with Crippen molar-refractivity contribution >= 4 is 24.0 Å². The largest absolute Gasteiger partial charge is 0.366 e. The molecule has 0 unspecified atom stereocenters. The first-order valence-corrected chi connectivity index (χ1v) is 8.72. The first-order chi connectivity index (χ1) is 12.9. The van der Waals surface area contributed by atoms with Crippen molar-refractivity contribution in [2.75, 3.05) is 0 Å². The molecule has 138 valence electrons. The molecule has 0 aliphatic carbocycles. The molecular formula is C19H19N5O2S. The normalized spacial score (nSPS) is 10.6. The third kappa shape index (κ3) is 4.48. The molecule has 1 aromatic heterocycles. The molecule has 0 spiro atoms. The van der Waals surface area contributed by atoms with E-state index in [0.717, 1.165) is 16.7 Å². The third-order valence-corrected chi connectivity index (χ3v) is 4.38. The fraction of sp³-hybridized carbons (Fsp3) is 0.158. The average Bonchev–Trinajstić information content (AvgIpc) is 3.01. The number of carbonyl (C=O) groups excluding carboxylic acids is 2. The maximum Gasteiger partial charge on any atom is 0.248 e. The monoisotopic (exact) mass is 381 g/mol. The molecule has 0 fully saturated rings. The summed E-state index contributed by atoms with van der Waals surface area (Å²) in [5.41, 5.74) is 8.47. The van der Waals surface area contributed by atoms with Gasteiger partial charge in [-0.15, -0.1) is 0 Å². The number of nitrogens with zero attached hydrogens (tertiary/aromatic N) is 2. The van der Waals surface area contributed by atoms with Crippen LogP contribution in [0.4, 0.5) is 0 Å². The van der Waals surface area contributed by atoms with Gasteiger partial charge in [0.05, 0.1) is 0 Å². The number of amides is 2. The maximum atomic E-state index is 12.4. The predicted octanol–water partition coefficient (Wildman–Crippen LogP) is 2.33. The van der Waals surface area contributed by atoms with E-state index in [4.69, 9.17) is 18.0 Å². The van der Waals surface area contributed by atoms with Gasteiger partial charge in [0.2, 0.25) is 11.8 Å². The lowest BCUT2D eigenvalue weighted by atomic mass is 10.1. The van der Waals surface area contributed by atoms with E-state index in [9.17, 15) is 9.59 Å². The van der Waals surface area contributed by atoms with Crippen LogP contribution < -0.4 is 11.1 Å². The number of carbonyl (C=O) groups is 2. The first-order valence-electron chi connectivity index (χ1n) is 8.32. The van der Waals surface area contributed by atoms with Gasteiger partial charge in [0.1, 0.15) is 6.54 Å². The van der Waals surface area contributed by atoms with Crippen molar-refractivity contribution in [1.29, 1.82) is 0 Å². The quantitative estimate of drug-likeness (QED) is 0.570. The topological polar surface area (TPSA) is 106 Å². The van der Waals surface area contributed by atoms with Crippen LogP contribution >= 0.6 is 12.2 Å². The van der Waals surface area contributed by atoms with E-state index in [1.165, 1.54) is 0 Å². The molecule has 7 nitrogen and oxygen atoms in total. The summed E-state index contributed by atoms with van der Waals surface area (Å²) < 4.78 is 2.02. The summed E-state index contributed by atoms with van der Waals surface area (Å²) in [5, 5.41) is 9.78. The van der Waals surface area contributed by atoms with Crippen LogP contribution in [0.3, 0.4) is 0 Å². The lowest BCUT2D eigenvalue weighted by Crippen LogP contribution is -2.27. The number of nitrogens with one attached hydrogen (secondary N) is 2. The number of H-pyrrole nitrogens is 1. The fourth-order valence-electron chi connectivity index (χ4n) is 2.62. The zero-order valence-corrected chi connectivity index (χ0v) is 15.5. The van der Waals surface area contributed by atoms with E-state index in [-0.39, 0.29) is 19.0 Å². The number of hydrogen-bond donors (Lipinski definition) is 3. The molecule has 0 bridgehead atoms. The molecule has 3 aromatic rings. The van der Waals surface area contributed by atoms with Crippen LogP contribution in [0.5, 0.6) is 0 Å². The SMILES string of the molecule is Cc1ccc(-c2n[nH]c(=S)n2CC(=O)NCc2cccc(C(N)=O)c2)cc1. The molecule has 27 heavy (non-hydrogen) atoms. The van der Waals surface area contributed by atoms with Crippen LogP contribution in [0.15, 0.2) is 48.5 Å². The zero-order valence-electron chi connectivity index (χ0n) is 14.7. The van der Waals surface area contributed by atoms with E-state index >= 15 is 0 Å². The minimum atomic E-state index is -0.504. The Bertz CT molecular complexity index is 1040. The Hall–Kier alpha value is -3.26. The van der Waals surface area contributed by atoms with Crippen LogP contribution in [-0.2, 0) is 17.9 Å². The Labute approximate surface area is 161 Å². The second-order valence-corrected chi connectivity index (χ2v) is 6.53. The molecule has 2 aromatic carbocycles. The summed E-state index contributed by atoms with van der Waals surface area (Å²) in [4.78, 5) is 23.6. The second-order valence-electron chi connectivity index (χ2n) is 6.15. The number of benzene rings is 2. The van der Waals surface area contributed by atoms with E-state index in [2.05, 4.69) is 15.5 Å². The van der Waals surface area contributed by atoms with Gasteiger partial charge >= 0.3 is 0 Å². The highest BCUT2D eigenvalue weighted by atomic mass is 32.1. The van der Waals surface area contributed by atoms with E-state index in [1.807, 2.05) is 37.3 Å². The van der Waals surface area contributed by atoms with Gasteiger partial charge in [0.15, 0.2) is 10.6 Å². The number of primary amides is 1. The summed E-state index contributed by atoms with van der Waals surface area (Å²) in [6.07, 6.45) is 0. The standard InChI is InChI=1S/C19H19N5O2S/c1-12-5-7-14(8-6-12)18-22-23-19(27)24(18)11-16(25)21-10-13-3-2-4-15(9-13)17(20)26/h2-9H,10-11H2,1H3,(H2,20,26)(H,21,25)(H,23,27). The van der Waals surface area contributed by atoms with Crippen molar-refractivity contribution in [1.82, 2.24) is 20.1 Å². The minimum Gasteiger partial charge on any atom is -0.366 e. The number of aryl methyl sites for hydroxylation is 1. The van der Waals surface area contributed by atoms with E-state index in [0.29, 0.717) is 16.2 Å². The van der Waals surface area contributed by atoms with Crippen LogP contribution in [0.1, 0.15) is 21.5 Å². The second kappa shape index (κ2) is 7.96. The highest BCUT2D eigenvalue weighted by molar-refractivity contribution is 7.71. The summed E-state index contributed by atoms with van der Waals surface area (Å²) in [7, 11) is 0. The molecule has 8 heteroatoms. The fourth-order valence-corrected chi connectivity index (χ4v) is 2.82. The molecule has 3 rings (SSSR count). The maximum absolute atomic E-state index is 12.4. The van der Waals surface area contributed by atoms with Crippen LogP contribution in [-0.4, -0.2) is 26.6 Å². The van der Waals surface area contributed by atoms with Gasteiger partial charge in [0, 0.05) is 17.7 Å². The molecule has 2 amide bonds. The van der Waals surface area contributed by atoms with E-state index < -0.39 is 5.91 Å². The third-order valence-electron chi connectivity index (χ3n) is 4.07. The molecule has 1 heterocycles. The van der Waals surface area contributed by atoms with Gasteiger partial charge in [-0.3, -0.25) is 19.3 Å². The summed E-state index contributed by atoms with van der Waals surface area (Å²) in [6, 6.07) is 14.6. The lowest BCUT2D eigenvalue weighted by Gasteiger charge is -2.09. The number of nitrogens with two attached hydrogens (primary N) is 1. The molecule has 0 aliphatic heterocycles. The van der Waals surface area contributed by atoms with Crippen molar-refractivity contribution in [2.45, 2.75) is 20.0 Å². The molecule has 0 saturated carbocycles. The van der Waals surface area contributed by atoms with Gasteiger partial charge in [-0.2, -0.15) is 5.10 Å². The lowest BCUT2D eigenvalue weighted by molar-refractivity contribution is -0.121. The number of hydrogen-bond acceptors (Lipinski definition) is 4. The molecule has 0 aliphatic rings. The van der Waals surface area contributed by atoms with Gasteiger partial charge in [-0.1, -0.05) is 42.0 Å². The van der Waals surface area contributed by atoms with Crippen LogP contribution in [0.25, 0.3) is 11.4 Å². The molecule has 0 atom stereocenters. The van der Waals surface area contributed by atoms with Gasteiger partial charge in [-0.25, -0.2) is 0 Å². The van der Waals surface area contributed by atoms with Gasteiger partial charge in [-0.05, 0) is 36.8 Å². The molecule has 0 saturated heterocycles. The number of aromatic amines is 1. The summed E-state index contributed by atoms with van der Waals surface area (Å²) in [6.45, 7) is 2.32. The summed E-state index contributed by atoms with van der Waals surface area (Å²) in [5.74, 6) is -0.119. The highest BCUT2D eigenvalue weighted by Crippen LogP contribution is 2.17. The molecule has 4 N–H and O–H groups in total. The van der Waals surface area contributed by atoms with Gasteiger partial charge < -0.3 is 11.1 Å². The smallest absolute Gasteiger partial charge is 0.248 e. The van der Waals surface area contributed by atoms with Crippen molar-refractivity contribution in [3.8, 4) is 11.4 Å². The predicted molar refractivity (Wildman–Crippen MR) is 104 cm³/mol. The number of rotatable bonds is 6. The Morgan fingerprint density at radius 3 is 2.67 bits per heavy atom. The first kappa shape index (κ1) is 18.5. The Kier molecular flexibility index (Phi) is 5.46. The highest BCUT2D eigenvalue weighted by Gasteiger charge is 2.12. The Morgan fingerprint density at radius 1 is 1.22 bits per heavy atom. The average molecular weight is 381 g/mol. The van der Waals surface area contributed by atoms with Gasteiger partial charge in [0.25, 0.3) is 0 Å². The minimum absolute atomic E-state index is 0.0358. The van der Waals surface area contributed by atoms with Crippen molar-refractivity contribution in [3.63, 3.8) is 0 Å².